The van der Waals surface area contributed by atoms with E-state index >= 15 is 0 Å². The molecule has 1 aromatic heterocycles. The van der Waals surface area contributed by atoms with Crippen LogP contribution in [0.15, 0.2) is 29.6 Å². The second kappa shape index (κ2) is 6.05. The van der Waals surface area contributed by atoms with E-state index in [1.54, 1.807) is 17.4 Å². The Morgan fingerprint density at radius 3 is 2.78 bits per heavy atom. The Labute approximate surface area is 121 Å². The largest absolute Gasteiger partial charge is 0.271 e. The standard InChI is InChI=1S/C12H11F2IN2S/c13-9-3-1-2-7(12(9)14)4-10(17-16)8-5-11(15)18-6-8/h1-3,5-6,10,17H,4,16H2. The summed E-state index contributed by atoms with van der Waals surface area (Å²) in [5, 5.41) is 1.96. The fourth-order valence-corrected chi connectivity index (χ4v) is 3.13. The number of hydrazine groups is 1. The Kier molecular flexibility index (Phi) is 4.66. The van der Waals surface area contributed by atoms with Crippen molar-refractivity contribution in [2.45, 2.75) is 12.5 Å². The topological polar surface area (TPSA) is 38.0 Å². The first-order valence-corrected chi connectivity index (χ1v) is 7.20. The molecule has 0 aliphatic rings. The van der Waals surface area contributed by atoms with Gasteiger partial charge in [-0.15, -0.1) is 11.3 Å². The minimum atomic E-state index is -0.830. The first kappa shape index (κ1) is 13.9. The molecule has 0 amide bonds. The number of hydrogen-bond donors (Lipinski definition) is 2. The van der Waals surface area contributed by atoms with E-state index in [-0.39, 0.29) is 6.04 Å². The van der Waals surface area contributed by atoms with Gasteiger partial charge in [-0.1, -0.05) is 12.1 Å². The molecule has 2 rings (SSSR count). The molecule has 3 N–H and O–H groups in total. The molecule has 0 aliphatic heterocycles. The zero-order valence-electron chi connectivity index (χ0n) is 9.29. The average molecular weight is 380 g/mol. The van der Waals surface area contributed by atoms with Crippen molar-refractivity contribution in [1.82, 2.24) is 5.43 Å². The molecule has 1 atom stereocenters. The van der Waals surface area contributed by atoms with Crippen LogP contribution in [-0.4, -0.2) is 0 Å². The lowest BCUT2D eigenvalue weighted by molar-refractivity contribution is 0.481. The third-order valence-corrected chi connectivity index (χ3v) is 4.45. The van der Waals surface area contributed by atoms with Gasteiger partial charge in [-0.3, -0.25) is 11.3 Å². The van der Waals surface area contributed by atoms with Gasteiger partial charge in [0.15, 0.2) is 11.6 Å². The molecule has 0 spiro atoms. The van der Waals surface area contributed by atoms with Gasteiger partial charge in [0.25, 0.3) is 0 Å². The maximum Gasteiger partial charge on any atom is 0.162 e. The lowest BCUT2D eigenvalue weighted by atomic mass is 10.0. The summed E-state index contributed by atoms with van der Waals surface area (Å²) in [6.07, 6.45) is 0.312. The lowest BCUT2D eigenvalue weighted by Gasteiger charge is -2.15. The van der Waals surface area contributed by atoms with Gasteiger partial charge in [0.2, 0.25) is 0 Å². The number of rotatable bonds is 4. The molecule has 0 fully saturated rings. The smallest absolute Gasteiger partial charge is 0.162 e. The third kappa shape index (κ3) is 3.05. The van der Waals surface area contributed by atoms with Gasteiger partial charge in [-0.25, -0.2) is 8.78 Å². The van der Waals surface area contributed by atoms with Crippen LogP contribution in [-0.2, 0) is 6.42 Å². The molecule has 18 heavy (non-hydrogen) atoms. The lowest BCUT2D eigenvalue weighted by Crippen LogP contribution is -2.29. The Bertz CT molecular complexity index is 545. The van der Waals surface area contributed by atoms with Crippen molar-refractivity contribution in [1.29, 1.82) is 0 Å². The van der Waals surface area contributed by atoms with E-state index in [4.69, 9.17) is 5.84 Å². The van der Waals surface area contributed by atoms with Crippen molar-refractivity contribution in [2.75, 3.05) is 0 Å². The highest BCUT2D eigenvalue weighted by Gasteiger charge is 2.16. The zero-order valence-corrected chi connectivity index (χ0v) is 12.3. The van der Waals surface area contributed by atoms with Crippen LogP contribution in [0.1, 0.15) is 17.2 Å². The monoisotopic (exact) mass is 380 g/mol. The summed E-state index contributed by atoms with van der Waals surface area (Å²) < 4.78 is 27.8. The summed E-state index contributed by atoms with van der Waals surface area (Å²) in [4.78, 5) is 0. The van der Waals surface area contributed by atoms with Gasteiger partial charge in [0.1, 0.15) is 0 Å². The second-order valence-electron chi connectivity index (χ2n) is 3.82. The van der Waals surface area contributed by atoms with Gasteiger partial charge < -0.3 is 0 Å². The van der Waals surface area contributed by atoms with E-state index < -0.39 is 11.6 Å². The van der Waals surface area contributed by atoms with Crippen molar-refractivity contribution in [3.05, 3.63) is 55.3 Å². The van der Waals surface area contributed by atoms with Crippen molar-refractivity contribution >= 4 is 33.9 Å². The van der Waals surface area contributed by atoms with Crippen LogP contribution >= 0.6 is 33.9 Å². The average Bonchev–Trinajstić information content (AvgIpc) is 2.78. The van der Waals surface area contributed by atoms with Gasteiger partial charge in [-0.05, 0) is 57.7 Å². The fourth-order valence-electron chi connectivity index (χ4n) is 1.71. The van der Waals surface area contributed by atoms with Crippen molar-refractivity contribution in [2.24, 2.45) is 5.84 Å². The number of hydrogen-bond acceptors (Lipinski definition) is 3. The molecule has 0 aliphatic carbocycles. The Hall–Kier alpha value is -0.570. The molecule has 2 aromatic rings. The first-order chi connectivity index (χ1) is 8.61. The van der Waals surface area contributed by atoms with Crippen LogP contribution in [0.3, 0.4) is 0 Å². The first-order valence-electron chi connectivity index (χ1n) is 5.24. The molecule has 2 nitrogen and oxygen atoms in total. The molecule has 1 heterocycles. The summed E-state index contributed by atoms with van der Waals surface area (Å²) in [7, 11) is 0. The van der Waals surface area contributed by atoms with Gasteiger partial charge in [0, 0.05) is 0 Å². The van der Waals surface area contributed by atoms with E-state index in [0.717, 1.165) is 14.5 Å². The summed E-state index contributed by atoms with van der Waals surface area (Å²) in [6.45, 7) is 0. The minimum absolute atomic E-state index is 0.221. The summed E-state index contributed by atoms with van der Waals surface area (Å²) in [6, 6.07) is 5.93. The summed E-state index contributed by atoms with van der Waals surface area (Å²) in [5.74, 6) is 3.85. The maximum atomic E-state index is 13.6. The number of halogens is 3. The third-order valence-electron chi connectivity index (χ3n) is 2.65. The van der Waals surface area contributed by atoms with E-state index in [1.165, 1.54) is 6.07 Å². The Morgan fingerprint density at radius 1 is 1.39 bits per heavy atom. The highest BCUT2D eigenvalue weighted by atomic mass is 127. The predicted octanol–water partition coefficient (Wildman–Crippen LogP) is 3.38. The quantitative estimate of drug-likeness (QED) is 0.485. The van der Waals surface area contributed by atoms with Crippen molar-refractivity contribution in [3.8, 4) is 0 Å². The zero-order chi connectivity index (χ0) is 13.1. The van der Waals surface area contributed by atoms with Gasteiger partial charge in [-0.2, -0.15) is 0 Å². The second-order valence-corrected chi connectivity index (χ2v) is 6.63. The van der Waals surface area contributed by atoms with Crippen LogP contribution in [0.4, 0.5) is 8.78 Å². The van der Waals surface area contributed by atoms with Crippen LogP contribution in [0, 0.1) is 14.5 Å². The summed E-state index contributed by atoms with van der Waals surface area (Å²) >= 11 is 3.80. The highest BCUT2D eigenvalue weighted by molar-refractivity contribution is 14.1. The van der Waals surface area contributed by atoms with Crippen LogP contribution in [0.5, 0.6) is 0 Å². The van der Waals surface area contributed by atoms with E-state index in [1.807, 2.05) is 11.4 Å². The molecular formula is C12H11F2IN2S. The van der Waals surface area contributed by atoms with Crippen LogP contribution in [0.25, 0.3) is 0 Å². The maximum absolute atomic E-state index is 13.6. The van der Waals surface area contributed by atoms with E-state index in [0.29, 0.717) is 12.0 Å². The Morgan fingerprint density at radius 2 is 2.17 bits per heavy atom. The van der Waals surface area contributed by atoms with E-state index in [2.05, 4.69) is 28.0 Å². The number of nitrogens with two attached hydrogens (primary N) is 1. The summed E-state index contributed by atoms with van der Waals surface area (Å²) in [5.41, 5.74) is 3.94. The molecule has 96 valence electrons. The minimum Gasteiger partial charge on any atom is -0.271 e. The normalized spacial score (nSPS) is 12.7. The molecule has 0 bridgehead atoms. The Balaban J connectivity index is 2.23. The molecule has 1 aromatic carbocycles. The number of nitrogens with one attached hydrogen (secondary N) is 1. The predicted molar refractivity (Wildman–Crippen MR) is 77.2 cm³/mol. The van der Waals surface area contributed by atoms with E-state index in [9.17, 15) is 8.78 Å². The molecule has 0 saturated carbocycles. The van der Waals surface area contributed by atoms with Crippen molar-refractivity contribution in [3.63, 3.8) is 0 Å². The van der Waals surface area contributed by atoms with Gasteiger partial charge in [0.05, 0.1) is 8.93 Å². The van der Waals surface area contributed by atoms with Crippen LogP contribution < -0.4 is 11.3 Å². The molecule has 0 saturated heterocycles. The fraction of sp³-hybridized carbons (Fsp3) is 0.167. The number of thiophene rings is 1. The molecule has 1 unspecified atom stereocenters. The highest BCUT2D eigenvalue weighted by Crippen LogP contribution is 2.25. The SMILES string of the molecule is NNC(Cc1cccc(F)c1F)c1csc(I)c1. The van der Waals surface area contributed by atoms with Gasteiger partial charge >= 0.3 is 0 Å². The number of benzene rings is 1. The molecule has 6 heteroatoms. The van der Waals surface area contributed by atoms with Crippen molar-refractivity contribution < 1.29 is 8.78 Å². The molecular weight excluding hydrogens is 369 g/mol. The van der Waals surface area contributed by atoms with Crippen LogP contribution in [0.2, 0.25) is 0 Å². The molecule has 0 radical (unpaired) electrons.